The molecular formula is C14H19N5O2S. The van der Waals surface area contributed by atoms with Crippen molar-refractivity contribution in [3.8, 4) is 0 Å². The summed E-state index contributed by atoms with van der Waals surface area (Å²) in [6, 6.07) is 1.68. The third kappa shape index (κ3) is 3.70. The van der Waals surface area contributed by atoms with Crippen LogP contribution in [0.1, 0.15) is 6.92 Å². The van der Waals surface area contributed by atoms with Crippen molar-refractivity contribution in [3.63, 3.8) is 0 Å². The molecule has 3 heterocycles. The average Bonchev–Trinajstić information content (AvgIpc) is 3.20. The number of hydrogen-bond donors (Lipinski definition) is 1. The van der Waals surface area contributed by atoms with Crippen LogP contribution in [0, 0.1) is 0 Å². The number of nitrogens with one attached hydrogen (secondary N) is 1. The van der Waals surface area contributed by atoms with Gasteiger partial charge in [0, 0.05) is 37.1 Å². The van der Waals surface area contributed by atoms with E-state index in [4.69, 9.17) is 4.74 Å². The van der Waals surface area contributed by atoms with Gasteiger partial charge in [0.25, 0.3) is 0 Å². The topological polar surface area (TPSA) is 72.3 Å². The molecule has 118 valence electrons. The van der Waals surface area contributed by atoms with Gasteiger partial charge in [0.05, 0.1) is 25.3 Å². The van der Waals surface area contributed by atoms with E-state index in [-0.39, 0.29) is 18.1 Å². The van der Waals surface area contributed by atoms with Crippen LogP contribution in [-0.4, -0.2) is 57.4 Å². The third-order valence-electron chi connectivity index (χ3n) is 3.71. The summed E-state index contributed by atoms with van der Waals surface area (Å²) in [4.78, 5) is 18.5. The third-order valence-corrected chi connectivity index (χ3v) is 4.40. The summed E-state index contributed by atoms with van der Waals surface area (Å²) in [6.45, 7) is 4.71. The smallest absolute Gasteiger partial charge is 0.243 e. The van der Waals surface area contributed by atoms with Crippen LogP contribution in [0.4, 0.5) is 5.13 Å². The molecule has 7 nitrogen and oxygen atoms in total. The van der Waals surface area contributed by atoms with E-state index in [0.29, 0.717) is 24.8 Å². The number of amides is 1. The summed E-state index contributed by atoms with van der Waals surface area (Å²) in [6.07, 6.45) is 5.40. The van der Waals surface area contributed by atoms with Crippen molar-refractivity contribution in [3.05, 3.63) is 30.0 Å². The number of aromatic nitrogens is 3. The quantitative estimate of drug-likeness (QED) is 0.892. The van der Waals surface area contributed by atoms with Gasteiger partial charge in [0.1, 0.15) is 0 Å². The lowest BCUT2D eigenvalue weighted by molar-refractivity contribution is -0.124. The van der Waals surface area contributed by atoms with Crippen LogP contribution >= 0.6 is 11.3 Å². The Kier molecular flexibility index (Phi) is 4.81. The largest absolute Gasteiger partial charge is 0.374 e. The fraction of sp³-hybridized carbons (Fsp3) is 0.500. The maximum absolute atomic E-state index is 12.3. The standard InChI is InChI=1S/C14H19N5O2S/c1-11(13(20)17-14-15-4-8-22-14)18-6-7-21-12(9-18)10-19-5-2-3-16-19/h2-5,8,11-12H,6-7,9-10H2,1H3,(H,15,17,20)/t11-,12+/m0/s1. The molecular weight excluding hydrogens is 302 g/mol. The van der Waals surface area contributed by atoms with Gasteiger partial charge in [-0.1, -0.05) is 0 Å². The molecule has 0 aromatic carbocycles. The van der Waals surface area contributed by atoms with Crippen molar-refractivity contribution in [2.75, 3.05) is 25.0 Å². The number of ether oxygens (including phenoxy) is 1. The molecule has 0 unspecified atom stereocenters. The maximum atomic E-state index is 12.3. The van der Waals surface area contributed by atoms with Gasteiger partial charge < -0.3 is 10.1 Å². The zero-order valence-electron chi connectivity index (χ0n) is 12.4. The molecule has 2 aromatic heterocycles. The SMILES string of the molecule is C[C@@H](C(=O)Nc1nccs1)N1CCO[C@@H](Cn2cccn2)C1. The van der Waals surface area contributed by atoms with Crippen molar-refractivity contribution in [1.29, 1.82) is 0 Å². The van der Waals surface area contributed by atoms with Gasteiger partial charge in [-0.25, -0.2) is 4.98 Å². The van der Waals surface area contributed by atoms with Gasteiger partial charge in [-0.3, -0.25) is 14.4 Å². The van der Waals surface area contributed by atoms with E-state index in [0.717, 1.165) is 6.54 Å². The van der Waals surface area contributed by atoms with Crippen LogP contribution in [-0.2, 0) is 16.1 Å². The lowest BCUT2D eigenvalue weighted by Crippen LogP contribution is -2.51. The number of hydrogen-bond acceptors (Lipinski definition) is 6. The Morgan fingerprint density at radius 3 is 3.23 bits per heavy atom. The highest BCUT2D eigenvalue weighted by molar-refractivity contribution is 7.13. The summed E-state index contributed by atoms with van der Waals surface area (Å²) in [5.74, 6) is -0.0327. The highest BCUT2D eigenvalue weighted by Gasteiger charge is 2.28. The summed E-state index contributed by atoms with van der Waals surface area (Å²) in [5, 5.41) is 9.52. The number of carbonyl (C=O) groups is 1. The zero-order valence-corrected chi connectivity index (χ0v) is 13.2. The first-order valence-corrected chi connectivity index (χ1v) is 8.14. The molecule has 1 saturated heterocycles. The van der Waals surface area contributed by atoms with Crippen LogP contribution < -0.4 is 5.32 Å². The number of nitrogens with zero attached hydrogens (tertiary/aromatic N) is 4. The maximum Gasteiger partial charge on any atom is 0.243 e. The van der Waals surface area contributed by atoms with Gasteiger partial charge in [0.2, 0.25) is 5.91 Å². The average molecular weight is 321 g/mol. The molecule has 1 aliphatic heterocycles. The second-order valence-electron chi connectivity index (χ2n) is 5.22. The second kappa shape index (κ2) is 6.99. The molecule has 1 aliphatic rings. The summed E-state index contributed by atoms with van der Waals surface area (Å²) < 4.78 is 7.63. The van der Waals surface area contributed by atoms with Crippen LogP contribution in [0.3, 0.4) is 0 Å². The van der Waals surface area contributed by atoms with Gasteiger partial charge >= 0.3 is 0 Å². The zero-order chi connectivity index (χ0) is 15.4. The molecule has 8 heteroatoms. The molecule has 22 heavy (non-hydrogen) atoms. The van der Waals surface area contributed by atoms with E-state index in [1.165, 1.54) is 11.3 Å². The van der Waals surface area contributed by atoms with Crippen molar-refractivity contribution >= 4 is 22.4 Å². The minimum atomic E-state index is -0.215. The number of rotatable bonds is 5. The van der Waals surface area contributed by atoms with Crippen LogP contribution in [0.2, 0.25) is 0 Å². The second-order valence-corrected chi connectivity index (χ2v) is 6.11. The predicted octanol–water partition coefficient (Wildman–Crippen LogP) is 1.07. The van der Waals surface area contributed by atoms with Crippen molar-refractivity contribution in [1.82, 2.24) is 19.7 Å². The molecule has 2 atom stereocenters. The lowest BCUT2D eigenvalue weighted by atomic mass is 10.2. The van der Waals surface area contributed by atoms with Crippen LogP contribution in [0.15, 0.2) is 30.0 Å². The Morgan fingerprint density at radius 2 is 2.50 bits per heavy atom. The lowest BCUT2D eigenvalue weighted by Gasteiger charge is -2.35. The summed E-state index contributed by atoms with van der Waals surface area (Å²) in [5.41, 5.74) is 0. The fourth-order valence-electron chi connectivity index (χ4n) is 2.48. The van der Waals surface area contributed by atoms with E-state index in [1.807, 2.05) is 29.2 Å². The molecule has 1 N–H and O–H groups in total. The number of thiazole rings is 1. The first-order chi connectivity index (χ1) is 10.7. The molecule has 1 fully saturated rings. The monoisotopic (exact) mass is 321 g/mol. The molecule has 3 rings (SSSR count). The highest BCUT2D eigenvalue weighted by Crippen LogP contribution is 2.14. The van der Waals surface area contributed by atoms with Crippen LogP contribution in [0.25, 0.3) is 0 Å². The minimum absolute atomic E-state index is 0.0327. The first-order valence-electron chi connectivity index (χ1n) is 7.26. The van der Waals surface area contributed by atoms with Crippen LogP contribution in [0.5, 0.6) is 0 Å². The Hall–Kier alpha value is -1.77. The van der Waals surface area contributed by atoms with Crippen molar-refractivity contribution < 1.29 is 9.53 Å². The molecule has 2 aromatic rings. The van der Waals surface area contributed by atoms with Crippen molar-refractivity contribution in [2.45, 2.75) is 25.6 Å². The molecule has 0 radical (unpaired) electrons. The van der Waals surface area contributed by atoms with Crippen molar-refractivity contribution in [2.24, 2.45) is 0 Å². The molecule has 0 spiro atoms. The fourth-order valence-corrected chi connectivity index (χ4v) is 3.01. The van der Waals surface area contributed by atoms with Gasteiger partial charge in [0.15, 0.2) is 5.13 Å². The predicted molar refractivity (Wildman–Crippen MR) is 83.7 cm³/mol. The normalized spacial score (nSPS) is 20.7. The van der Waals surface area contributed by atoms with Gasteiger partial charge in [-0.15, -0.1) is 11.3 Å². The Morgan fingerprint density at radius 1 is 1.59 bits per heavy atom. The van der Waals surface area contributed by atoms with E-state index in [1.54, 1.807) is 12.4 Å². The van der Waals surface area contributed by atoms with E-state index >= 15 is 0 Å². The number of anilines is 1. The minimum Gasteiger partial charge on any atom is -0.374 e. The highest BCUT2D eigenvalue weighted by atomic mass is 32.1. The Bertz CT molecular complexity index is 586. The molecule has 0 aliphatic carbocycles. The van der Waals surface area contributed by atoms with Gasteiger partial charge in [-0.2, -0.15) is 5.10 Å². The molecule has 1 amide bonds. The molecule has 0 saturated carbocycles. The number of morpholine rings is 1. The van der Waals surface area contributed by atoms with E-state index in [9.17, 15) is 4.79 Å². The summed E-state index contributed by atoms with van der Waals surface area (Å²) >= 11 is 1.42. The van der Waals surface area contributed by atoms with Gasteiger partial charge in [-0.05, 0) is 13.0 Å². The molecule has 0 bridgehead atoms. The van der Waals surface area contributed by atoms with E-state index < -0.39 is 0 Å². The van der Waals surface area contributed by atoms with E-state index in [2.05, 4.69) is 20.3 Å². The Balaban J connectivity index is 1.55. The summed E-state index contributed by atoms with van der Waals surface area (Å²) in [7, 11) is 0. The Labute approximate surface area is 132 Å². The first kappa shape index (κ1) is 15.1. The number of carbonyl (C=O) groups excluding carboxylic acids is 1.